The lowest BCUT2D eigenvalue weighted by Gasteiger charge is -2.24. The Morgan fingerprint density at radius 3 is 2.61 bits per heavy atom. The van der Waals surface area contributed by atoms with Gasteiger partial charge in [-0.15, -0.1) is 0 Å². The van der Waals surface area contributed by atoms with Gasteiger partial charge in [-0.1, -0.05) is 26.0 Å². The van der Waals surface area contributed by atoms with Crippen molar-refractivity contribution < 1.29 is 14.3 Å². The van der Waals surface area contributed by atoms with Gasteiger partial charge in [0.2, 0.25) is 0 Å². The molecule has 0 saturated carbocycles. The van der Waals surface area contributed by atoms with E-state index in [4.69, 9.17) is 9.52 Å². The average molecular weight is 246 g/mol. The van der Waals surface area contributed by atoms with Gasteiger partial charge in [0.25, 0.3) is 0 Å². The van der Waals surface area contributed by atoms with E-state index in [-0.39, 0.29) is 6.42 Å². The maximum Gasteiger partial charge on any atom is 0.304 e. The molecule has 0 aliphatic heterocycles. The van der Waals surface area contributed by atoms with Crippen molar-refractivity contribution in [3.8, 4) is 0 Å². The van der Waals surface area contributed by atoms with E-state index >= 15 is 0 Å². The number of carboxylic acid groups (broad SMARTS) is 1. The Morgan fingerprint density at radius 1 is 1.33 bits per heavy atom. The first-order valence-corrected chi connectivity index (χ1v) is 6.04. The highest BCUT2D eigenvalue weighted by Gasteiger charge is 2.27. The highest BCUT2D eigenvalue weighted by atomic mass is 16.4. The number of hydrogen-bond acceptors (Lipinski definition) is 2. The number of hydrogen-bond donors (Lipinski definition) is 1. The highest BCUT2D eigenvalue weighted by molar-refractivity contribution is 5.87. The number of benzene rings is 1. The Balaban J connectivity index is 2.67. The molecule has 0 amide bonds. The minimum Gasteiger partial charge on any atom is -0.481 e. The number of rotatable bonds is 3. The van der Waals surface area contributed by atoms with Crippen LogP contribution in [0.15, 0.2) is 22.6 Å². The first-order valence-electron chi connectivity index (χ1n) is 6.04. The number of carbonyl (C=O) groups is 1. The van der Waals surface area contributed by atoms with E-state index in [1.165, 1.54) is 0 Å². The van der Waals surface area contributed by atoms with E-state index in [9.17, 15) is 4.79 Å². The normalized spacial score (nSPS) is 12.0. The molecule has 0 fully saturated rings. The van der Waals surface area contributed by atoms with Gasteiger partial charge in [-0.05, 0) is 31.0 Å². The van der Waals surface area contributed by atoms with Crippen molar-refractivity contribution in [3.05, 3.63) is 35.1 Å². The minimum atomic E-state index is -0.783. The van der Waals surface area contributed by atoms with Gasteiger partial charge >= 0.3 is 5.97 Å². The van der Waals surface area contributed by atoms with Crippen LogP contribution in [0.3, 0.4) is 0 Å². The molecule has 0 aliphatic rings. The fourth-order valence-corrected chi connectivity index (χ4v) is 2.46. The smallest absolute Gasteiger partial charge is 0.304 e. The van der Waals surface area contributed by atoms with Gasteiger partial charge in [-0.2, -0.15) is 0 Å². The second-order valence-electron chi connectivity index (χ2n) is 5.42. The van der Waals surface area contributed by atoms with Gasteiger partial charge in [0.15, 0.2) is 0 Å². The van der Waals surface area contributed by atoms with E-state index < -0.39 is 11.4 Å². The summed E-state index contributed by atoms with van der Waals surface area (Å²) in [4.78, 5) is 11.0. The molecule has 0 saturated heterocycles. The predicted octanol–water partition coefficient (Wildman–Crippen LogP) is 3.80. The van der Waals surface area contributed by atoms with Gasteiger partial charge in [-0.25, -0.2) is 0 Å². The second-order valence-corrected chi connectivity index (χ2v) is 5.42. The quantitative estimate of drug-likeness (QED) is 0.896. The maximum absolute atomic E-state index is 11.0. The molecule has 0 atom stereocenters. The molecule has 1 N–H and O–H groups in total. The average Bonchev–Trinajstić information content (AvgIpc) is 2.53. The summed E-state index contributed by atoms with van der Waals surface area (Å²) >= 11 is 0. The molecule has 0 unspecified atom stereocenters. The summed E-state index contributed by atoms with van der Waals surface area (Å²) < 4.78 is 5.69. The minimum absolute atomic E-state index is 0.107. The van der Waals surface area contributed by atoms with Crippen LogP contribution < -0.4 is 0 Å². The van der Waals surface area contributed by atoms with Crippen molar-refractivity contribution in [1.82, 2.24) is 0 Å². The van der Waals surface area contributed by atoms with Crippen molar-refractivity contribution in [2.75, 3.05) is 0 Å². The molecule has 0 spiro atoms. The van der Waals surface area contributed by atoms with Crippen LogP contribution in [0.4, 0.5) is 0 Å². The van der Waals surface area contributed by atoms with Crippen molar-refractivity contribution in [1.29, 1.82) is 0 Å². The molecular formula is C15H18O3. The molecule has 96 valence electrons. The standard InChI is InChI=1S/C15H18O3/c1-9-10(2)18-12-7-5-6-11(14(9)12)15(3,4)8-13(16)17/h5-7H,8H2,1-4H3,(H,16,17). The predicted molar refractivity (Wildman–Crippen MR) is 71.0 cm³/mol. The third kappa shape index (κ3) is 2.01. The molecule has 2 aromatic rings. The number of aliphatic carboxylic acids is 1. The van der Waals surface area contributed by atoms with Gasteiger partial charge in [0, 0.05) is 10.8 Å². The van der Waals surface area contributed by atoms with E-state index in [1.807, 2.05) is 45.9 Å². The molecule has 1 heterocycles. The van der Waals surface area contributed by atoms with Crippen LogP contribution in [-0.2, 0) is 10.2 Å². The van der Waals surface area contributed by atoms with E-state index in [0.29, 0.717) is 0 Å². The molecule has 18 heavy (non-hydrogen) atoms. The highest BCUT2D eigenvalue weighted by Crippen LogP contribution is 2.36. The molecule has 1 aromatic carbocycles. The molecule has 0 bridgehead atoms. The van der Waals surface area contributed by atoms with E-state index in [2.05, 4.69) is 0 Å². The van der Waals surface area contributed by atoms with Gasteiger partial charge < -0.3 is 9.52 Å². The maximum atomic E-state index is 11.0. The molecule has 3 nitrogen and oxygen atoms in total. The number of fused-ring (bicyclic) bond motifs is 1. The lowest BCUT2D eigenvalue weighted by Crippen LogP contribution is -2.22. The van der Waals surface area contributed by atoms with Crippen LogP contribution in [0, 0.1) is 13.8 Å². The van der Waals surface area contributed by atoms with Crippen molar-refractivity contribution >= 4 is 16.9 Å². The lowest BCUT2D eigenvalue weighted by molar-refractivity contribution is -0.138. The zero-order valence-corrected chi connectivity index (χ0v) is 11.2. The second kappa shape index (κ2) is 4.16. The molecule has 0 radical (unpaired) electrons. The monoisotopic (exact) mass is 246 g/mol. The Bertz CT molecular complexity index is 605. The third-order valence-corrected chi connectivity index (χ3v) is 3.51. The van der Waals surface area contributed by atoms with E-state index in [0.717, 1.165) is 27.9 Å². The third-order valence-electron chi connectivity index (χ3n) is 3.51. The molecule has 1 aromatic heterocycles. The van der Waals surface area contributed by atoms with Crippen LogP contribution in [-0.4, -0.2) is 11.1 Å². The Hall–Kier alpha value is -1.77. The van der Waals surface area contributed by atoms with Crippen LogP contribution in [0.2, 0.25) is 0 Å². The first kappa shape index (κ1) is 12.7. The van der Waals surface area contributed by atoms with Crippen LogP contribution in [0.5, 0.6) is 0 Å². The molecular weight excluding hydrogens is 228 g/mol. The molecule has 0 aliphatic carbocycles. The zero-order chi connectivity index (χ0) is 13.5. The van der Waals surface area contributed by atoms with Crippen molar-refractivity contribution in [3.63, 3.8) is 0 Å². The van der Waals surface area contributed by atoms with Crippen molar-refractivity contribution in [2.45, 2.75) is 39.5 Å². The van der Waals surface area contributed by atoms with Crippen LogP contribution >= 0.6 is 0 Å². The van der Waals surface area contributed by atoms with Gasteiger partial charge in [0.1, 0.15) is 11.3 Å². The summed E-state index contributed by atoms with van der Waals surface area (Å²) in [5.41, 5.74) is 2.56. The lowest BCUT2D eigenvalue weighted by atomic mass is 9.79. The summed E-state index contributed by atoms with van der Waals surface area (Å²) in [5.74, 6) is 0.110. The Morgan fingerprint density at radius 2 is 2.00 bits per heavy atom. The zero-order valence-electron chi connectivity index (χ0n) is 11.2. The first-order chi connectivity index (χ1) is 8.33. The number of aryl methyl sites for hydroxylation is 2. The summed E-state index contributed by atoms with van der Waals surface area (Å²) in [7, 11) is 0. The van der Waals surface area contributed by atoms with Crippen molar-refractivity contribution in [2.24, 2.45) is 0 Å². The number of carboxylic acids is 1. The van der Waals surface area contributed by atoms with E-state index in [1.54, 1.807) is 0 Å². The Kier molecular flexibility index (Phi) is 2.93. The van der Waals surface area contributed by atoms with Crippen LogP contribution in [0.1, 0.15) is 37.2 Å². The fourth-order valence-electron chi connectivity index (χ4n) is 2.46. The topological polar surface area (TPSA) is 50.4 Å². The number of furan rings is 1. The van der Waals surface area contributed by atoms with Gasteiger partial charge in [-0.3, -0.25) is 4.79 Å². The van der Waals surface area contributed by atoms with Gasteiger partial charge in [0.05, 0.1) is 6.42 Å². The molecule has 3 heteroatoms. The largest absolute Gasteiger partial charge is 0.481 e. The summed E-state index contributed by atoms with van der Waals surface area (Å²) in [6.45, 7) is 7.86. The summed E-state index contributed by atoms with van der Waals surface area (Å²) in [6.07, 6.45) is 0.107. The SMILES string of the molecule is Cc1oc2cccc(C(C)(C)CC(=O)O)c2c1C. The molecule has 2 rings (SSSR count). The summed E-state index contributed by atoms with van der Waals surface area (Å²) in [5, 5.41) is 10.1. The fraction of sp³-hybridized carbons (Fsp3) is 0.400. The van der Waals surface area contributed by atoms with Crippen LogP contribution in [0.25, 0.3) is 11.0 Å². The Labute approximate surface area is 106 Å². The summed E-state index contributed by atoms with van der Waals surface area (Å²) in [6, 6.07) is 5.84.